The third kappa shape index (κ3) is 3.34. The fraction of sp³-hybridized carbons (Fsp3) is 0.688. The fourth-order valence-corrected chi connectivity index (χ4v) is 5.13. The van der Waals surface area contributed by atoms with Gasteiger partial charge in [0.2, 0.25) is 11.8 Å². The Morgan fingerprint density at radius 3 is 2.83 bits per heavy atom. The molecule has 2 N–H and O–H groups in total. The van der Waals surface area contributed by atoms with Gasteiger partial charge in [-0.2, -0.15) is 9.97 Å². The van der Waals surface area contributed by atoms with Crippen LogP contribution in [0.25, 0.3) is 11.2 Å². The molecule has 30 heavy (non-hydrogen) atoms. The molecule has 0 radical (unpaired) electrons. The number of nitrogens with zero attached hydrogens (tertiary/aromatic N) is 4. The molecule has 11 nitrogen and oxygen atoms in total. The summed E-state index contributed by atoms with van der Waals surface area (Å²) in [5.41, 5.74) is 3.49. The molecule has 2 aromatic rings. The normalized spacial score (nSPS) is 36.4. The maximum atomic E-state index is 15.9. The van der Waals surface area contributed by atoms with Crippen molar-refractivity contribution < 1.29 is 36.4 Å². The minimum absolute atomic E-state index is 0.0737. The lowest BCUT2D eigenvalue weighted by atomic mass is 9.97. The van der Waals surface area contributed by atoms with E-state index in [1.54, 1.807) is 20.8 Å². The van der Waals surface area contributed by atoms with Gasteiger partial charge in [-0.3, -0.25) is 18.1 Å². The Hall–Kier alpha value is -1.92. The van der Waals surface area contributed by atoms with E-state index in [0.717, 1.165) is 11.5 Å². The molecule has 5 atom stereocenters. The lowest BCUT2D eigenvalue weighted by Gasteiger charge is -2.36. The van der Waals surface area contributed by atoms with E-state index >= 15 is 8.78 Å². The van der Waals surface area contributed by atoms with Crippen LogP contribution >= 0.6 is 7.82 Å². The van der Waals surface area contributed by atoms with Gasteiger partial charge in [-0.15, -0.1) is 0 Å². The molecule has 2 aliphatic heterocycles. The number of rotatable bonds is 5. The van der Waals surface area contributed by atoms with E-state index in [0.29, 0.717) is 0 Å². The maximum Gasteiger partial charge on any atom is 0.475 e. The highest BCUT2D eigenvalue weighted by atomic mass is 31.2. The molecule has 2 unspecified atom stereocenters. The minimum Gasteiger partial charge on any atom is -0.476 e. The third-order valence-corrected chi connectivity index (χ3v) is 6.22. The average Bonchev–Trinajstić information content (AvgIpc) is 3.13. The van der Waals surface area contributed by atoms with Crippen molar-refractivity contribution in [3.05, 3.63) is 6.33 Å². The number of aromatic nitrogens is 4. The first kappa shape index (κ1) is 21.3. The van der Waals surface area contributed by atoms with Crippen LogP contribution < -0.4 is 10.5 Å². The van der Waals surface area contributed by atoms with E-state index in [1.807, 2.05) is 0 Å². The number of fused-ring (bicyclic) bond motifs is 2. The molecule has 2 fully saturated rings. The Kier molecular flexibility index (Phi) is 5.02. The molecule has 0 aromatic carbocycles. The number of imidazole rings is 1. The topological polar surface area (TPSA) is 133 Å². The van der Waals surface area contributed by atoms with Crippen molar-refractivity contribution in [2.75, 3.05) is 18.9 Å². The number of hydrogen-bond acceptors (Lipinski definition) is 10. The highest BCUT2D eigenvalue weighted by Gasteiger charge is 2.70. The van der Waals surface area contributed by atoms with Gasteiger partial charge in [0.25, 0.3) is 5.85 Å². The van der Waals surface area contributed by atoms with Crippen molar-refractivity contribution >= 4 is 24.9 Å². The SMILES string of the molecule is CCOc1nc(N)nc2c1ncn2C1O[C@]2(F)COP(=O)(OC(C)C)O[C@H]2[C@@]1(C)F. The molecule has 2 aliphatic rings. The molecule has 0 bridgehead atoms. The number of phosphoric acid groups is 1. The highest BCUT2D eigenvalue weighted by molar-refractivity contribution is 7.48. The van der Waals surface area contributed by atoms with Gasteiger partial charge in [-0.25, -0.2) is 18.3 Å². The summed E-state index contributed by atoms with van der Waals surface area (Å²) in [6.45, 7) is 5.42. The summed E-state index contributed by atoms with van der Waals surface area (Å²) in [5.74, 6) is -2.77. The number of ether oxygens (including phenoxy) is 2. The summed E-state index contributed by atoms with van der Waals surface area (Å²) in [5, 5.41) is 0. The van der Waals surface area contributed by atoms with Crippen molar-refractivity contribution in [2.45, 2.75) is 57.7 Å². The summed E-state index contributed by atoms with van der Waals surface area (Å²) < 4.78 is 71.2. The van der Waals surface area contributed by atoms with Crippen LogP contribution in [0.1, 0.15) is 33.9 Å². The predicted molar refractivity (Wildman–Crippen MR) is 99.0 cm³/mol. The first-order chi connectivity index (χ1) is 14.0. The number of nitrogens with two attached hydrogens (primary N) is 1. The summed E-state index contributed by atoms with van der Waals surface area (Å²) in [6.07, 6.45) is -2.83. The van der Waals surface area contributed by atoms with Gasteiger partial charge in [0.05, 0.1) is 19.0 Å². The van der Waals surface area contributed by atoms with Gasteiger partial charge in [-0.05, 0) is 27.7 Å². The second-order valence-corrected chi connectivity index (χ2v) is 8.99. The zero-order valence-corrected chi connectivity index (χ0v) is 17.6. The number of phosphoric ester groups is 1. The minimum atomic E-state index is -4.19. The second kappa shape index (κ2) is 7.06. The first-order valence-electron chi connectivity index (χ1n) is 9.29. The quantitative estimate of drug-likeness (QED) is 0.679. The van der Waals surface area contributed by atoms with Crippen molar-refractivity contribution in [1.29, 1.82) is 0 Å². The Balaban J connectivity index is 1.74. The zero-order chi connectivity index (χ0) is 21.9. The van der Waals surface area contributed by atoms with Gasteiger partial charge >= 0.3 is 7.82 Å². The van der Waals surface area contributed by atoms with Gasteiger partial charge in [0.15, 0.2) is 29.2 Å². The summed E-state index contributed by atoms with van der Waals surface area (Å²) in [4.78, 5) is 12.2. The van der Waals surface area contributed by atoms with E-state index in [9.17, 15) is 4.57 Å². The third-order valence-electron chi connectivity index (χ3n) is 4.63. The number of halogens is 2. The fourth-order valence-electron chi connectivity index (χ4n) is 3.49. The molecule has 4 heterocycles. The van der Waals surface area contributed by atoms with Gasteiger partial charge in [-0.1, -0.05) is 0 Å². The van der Waals surface area contributed by atoms with Crippen molar-refractivity contribution in [1.82, 2.24) is 19.5 Å². The average molecular weight is 449 g/mol. The largest absolute Gasteiger partial charge is 0.476 e. The van der Waals surface area contributed by atoms with Crippen LogP contribution in [0.5, 0.6) is 5.88 Å². The van der Waals surface area contributed by atoms with Crippen LogP contribution in [0.15, 0.2) is 6.33 Å². The number of anilines is 1. The van der Waals surface area contributed by atoms with Crippen LogP contribution in [0.2, 0.25) is 0 Å². The standard InChI is InChI=1S/C16H22F2N5O6P/c1-5-25-11-9-10(21-14(19)22-11)23(7-20-9)13-15(4,17)12-16(18,27-13)6-26-30(24,29-12)28-8(2)3/h7-8,12-13H,5-6H2,1-4H3,(H2,19,21,22)/t12-,13?,15+,16+,30?/m0/s1. The Labute approximate surface area is 170 Å². The van der Waals surface area contributed by atoms with Crippen LogP contribution in [0.3, 0.4) is 0 Å². The number of alkyl halides is 2. The molecular formula is C16H22F2N5O6P. The lowest BCUT2D eigenvalue weighted by Crippen LogP contribution is -2.51. The van der Waals surface area contributed by atoms with Gasteiger partial charge < -0.3 is 15.2 Å². The Morgan fingerprint density at radius 1 is 1.43 bits per heavy atom. The predicted octanol–water partition coefficient (Wildman–Crippen LogP) is 2.68. The molecule has 0 amide bonds. The maximum absolute atomic E-state index is 15.9. The molecule has 4 rings (SSSR count). The van der Waals surface area contributed by atoms with E-state index in [-0.39, 0.29) is 29.6 Å². The van der Waals surface area contributed by atoms with E-state index in [4.69, 9.17) is 28.8 Å². The Morgan fingerprint density at radius 2 is 2.17 bits per heavy atom. The zero-order valence-electron chi connectivity index (χ0n) is 16.7. The molecule has 14 heteroatoms. The molecule has 2 aromatic heterocycles. The molecular weight excluding hydrogens is 427 g/mol. The highest BCUT2D eigenvalue weighted by Crippen LogP contribution is 2.63. The van der Waals surface area contributed by atoms with Gasteiger partial charge in [0, 0.05) is 0 Å². The summed E-state index contributed by atoms with van der Waals surface area (Å²) in [7, 11) is -4.19. The van der Waals surface area contributed by atoms with Crippen molar-refractivity contribution in [3.8, 4) is 5.88 Å². The van der Waals surface area contributed by atoms with Gasteiger partial charge in [0.1, 0.15) is 6.61 Å². The lowest BCUT2D eigenvalue weighted by molar-refractivity contribution is -0.220. The van der Waals surface area contributed by atoms with Crippen LogP contribution in [-0.4, -0.2) is 56.5 Å². The molecule has 0 saturated carbocycles. The molecule has 166 valence electrons. The second-order valence-electron chi connectivity index (χ2n) is 7.41. The number of hydrogen-bond donors (Lipinski definition) is 1. The van der Waals surface area contributed by atoms with Crippen molar-refractivity contribution in [3.63, 3.8) is 0 Å². The smallest absolute Gasteiger partial charge is 0.475 e. The van der Waals surface area contributed by atoms with Crippen molar-refractivity contribution in [2.24, 2.45) is 0 Å². The monoisotopic (exact) mass is 449 g/mol. The van der Waals surface area contributed by atoms with Crippen LogP contribution in [0, 0.1) is 0 Å². The summed E-state index contributed by atoms with van der Waals surface area (Å²) in [6, 6.07) is 0. The van der Waals surface area contributed by atoms with Crippen LogP contribution in [-0.2, 0) is 22.9 Å². The van der Waals surface area contributed by atoms with E-state index in [2.05, 4.69) is 15.0 Å². The number of nitrogen functional groups attached to an aromatic ring is 1. The summed E-state index contributed by atoms with van der Waals surface area (Å²) >= 11 is 0. The van der Waals surface area contributed by atoms with E-state index in [1.165, 1.54) is 6.33 Å². The molecule has 0 spiro atoms. The van der Waals surface area contributed by atoms with E-state index < -0.39 is 44.4 Å². The molecule has 2 saturated heterocycles. The molecule has 0 aliphatic carbocycles. The van der Waals surface area contributed by atoms with Crippen LogP contribution in [0.4, 0.5) is 14.7 Å². The first-order valence-corrected chi connectivity index (χ1v) is 10.7. The Bertz CT molecular complexity index is 1020.